The van der Waals surface area contributed by atoms with Crippen LogP contribution in [0.25, 0.3) is 0 Å². The van der Waals surface area contributed by atoms with E-state index in [4.69, 9.17) is 10.2 Å². The van der Waals surface area contributed by atoms with Crippen LogP contribution in [0.5, 0.6) is 0 Å². The minimum absolute atomic E-state index is 0.0118. The molecular weight excluding hydrogens is 172 g/mol. The summed E-state index contributed by atoms with van der Waals surface area (Å²) in [5.74, 6) is -0.466. The molecule has 0 saturated carbocycles. The SMILES string of the molecule is C=C(CCCCO)C(=O)OCCO. The molecule has 0 aromatic heterocycles. The fraction of sp³-hybridized carbons (Fsp3) is 0.667. The lowest BCUT2D eigenvalue weighted by atomic mass is 10.1. The van der Waals surface area contributed by atoms with Crippen molar-refractivity contribution in [1.29, 1.82) is 0 Å². The first-order valence-electron chi connectivity index (χ1n) is 4.29. The number of unbranched alkanes of at least 4 members (excludes halogenated alkanes) is 1. The summed E-state index contributed by atoms with van der Waals surface area (Å²) in [6.07, 6.45) is 1.92. The van der Waals surface area contributed by atoms with Crippen molar-refractivity contribution in [2.45, 2.75) is 19.3 Å². The Morgan fingerprint density at radius 1 is 1.23 bits per heavy atom. The smallest absolute Gasteiger partial charge is 0.333 e. The molecule has 0 radical (unpaired) electrons. The number of carbonyl (C=O) groups is 1. The third-order valence-electron chi connectivity index (χ3n) is 1.50. The molecule has 0 aliphatic heterocycles. The highest BCUT2D eigenvalue weighted by Gasteiger charge is 2.06. The first-order chi connectivity index (χ1) is 6.22. The lowest BCUT2D eigenvalue weighted by molar-refractivity contribution is -0.140. The van der Waals surface area contributed by atoms with E-state index in [1.807, 2.05) is 0 Å². The molecular formula is C9H16O4. The molecule has 4 nitrogen and oxygen atoms in total. The number of carbonyl (C=O) groups excluding carboxylic acids is 1. The normalized spacial score (nSPS) is 9.69. The molecule has 2 N–H and O–H groups in total. The van der Waals surface area contributed by atoms with Crippen LogP contribution in [0.3, 0.4) is 0 Å². The molecule has 0 aliphatic carbocycles. The summed E-state index contributed by atoms with van der Waals surface area (Å²) < 4.78 is 4.63. The second kappa shape index (κ2) is 7.76. The molecule has 0 heterocycles. The summed E-state index contributed by atoms with van der Waals surface area (Å²) in [6, 6.07) is 0. The van der Waals surface area contributed by atoms with E-state index in [9.17, 15) is 4.79 Å². The van der Waals surface area contributed by atoms with Crippen LogP contribution in [0.4, 0.5) is 0 Å². The van der Waals surface area contributed by atoms with Crippen LogP contribution < -0.4 is 0 Å². The van der Waals surface area contributed by atoms with Crippen molar-refractivity contribution in [2.75, 3.05) is 19.8 Å². The number of aliphatic hydroxyl groups excluding tert-OH is 2. The Bertz CT molecular complexity index is 165. The van der Waals surface area contributed by atoms with E-state index in [-0.39, 0.29) is 19.8 Å². The van der Waals surface area contributed by atoms with Gasteiger partial charge < -0.3 is 14.9 Å². The zero-order chi connectivity index (χ0) is 10.1. The molecule has 0 bridgehead atoms. The minimum Gasteiger partial charge on any atom is -0.460 e. The number of hydrogen-bond acceptors (Lipinski definition) is 4. The van der Waals surface area contributed by atoms with Crippen LogP contribution in [-0.2, 0) is 9.53 Å². The molecule has 0 saturated heterocycles. The van der Waals surface area contributed by atoms with Crippen LogP contribution in [-0.4, -0.2) is 36.0 Å². The maximum absolute atomic E-state index is 11.0. The molecule has 0 fully saturated rings. The predicted molar refractivity (Wildman–Crippen MR) is 48.1 cm³/mol. The number of rotatable bonds is 7. The molecule has 0 aromatic carbocycles. The van der Waals surface area contributed by atoms with Gasteiger partial charge in [0.15, 0.2) is 0 Å². The first-order valence-corrected chi connectivity index (χ1v) is 4.29. The van der Waals surface area contributed by atoms with Gasteiger partial charge in [-0.25, -0.2) is 4.79 Å². The van der Waals surface area contributed by atoms with Gasteiger partial charge >= 0.3 is 5.97 Å². The van der Waals surface area contributed by atoms with Gasteiger partial charge in [0.25, 0.3) is 0 Å². The highest BCUT2D eigenvalue weighted by Crippen LogP contribution is 2.06. The highest BCUT2D eigenvalue weighted by molar-refractivity contribution is 5.87. The fourth-order valence-corrected chi connectivity index (χ4v) is 0.793. The summed E-state index contributed by atoms with van der Waals surface area (Å²) in [6.45, 7) is 3.51. The summed E-state index contributed by atoms with van der Waals surface area (Å²) in [5.41, 5.74) is 0.391. The molecule has 76 valence electrons. The van der Waals surface area contributed by atoms with Gasteiger partial charge in [0.1, 0.15) is 6.61 Å². The predicted octanol–water partition coefficient (Wildman–Crippen LogP) is 0.241. The zero-order valence-electron chi connectivity index (χ0n) is 7.66. The average molecular weight is 188 g/mol. The summed E-state index contributed by atoms with van der Waals surface area (Å²) in [7, 11) is 0. The maximum atomic E-state index is 11.0. The van der Waals surface area contributed by atoms with Crippen LogP contribution in [0.1, 0.15) is 19.3 Å². The second-order valence-electron chi connectivity index (χ2n) is 2.64. The van der Waals surface area contributed by atoms with Gasteiger partial charge in [0, 0.05) is 12.2 Å². The van der Waals surface area contributed by atoms with Gasteiger partial charge in [0.05, 0.1) is 6.61 Å². The Morgan fingerprint density at radius 2 is 1.92 bits per heavy atom. The van der Waals surface area contributed by atoms with Gasteiger partial charge in [-0.3, -0.25) is 0 Å². The molecule has 0 atom stereocenters. The summed E-state index contributed by atoms with van der Waals surface area (Å²) in [5, 5.41) is 16.9. The van der Waals surface area contributed by atoms with E-state index in [2.05, 4.69) is 11.3 Å². The Balaban J connectivity index is 3.51. The molecule has 13 heavy (non-hydrogen) atoms. The van der Waals surface area contributed by atoms with Crippen molar-refractivity contribution in [1.82, 2.24) is 0 Å². The fourth-order valence-electron chi connectivity index (χ4n) is 0.793. The molecule has 0 amide bonds. The summed E-state index contributed by atoms with van der Waals surface area (Å²) in [4.78, 5) is 11.0. The Morgan fingerprint density at radius 3 is 2.46 bits per heavy atom. The number of hydrogen-bond donors (Lipinski definition) is 2. The van der Waals surface area contributed by atoms with Gasteiger partial charge in [0.2, 0.25) is 0 Å². The van der Waals surface area contributed by atoms with Crippen molar-refractivity contribution >= 4 is 5.97 Å². The van der Waals surface area contributed by atoms with Crippen LogP contribution >= 0.6 is 0 Å². The molecule has 4 heteroatoms. The largest absolute Gasteiger partial charge is 0.460 e. The monoisotopic (exact) mass is 188 g/mol. The Labute approximate surface area is 77.8 Å². The lowest BCUT2D eigenvalue weighted by Gasteiger charge is -2.04. The summed E-state index contributed by atoms with van der Waals surface area (Å²) >= 11 is 0. The third-order valence-corrected chi connectivity index (χ3v) is 1.50. The standard InChI is InChI=1S/C9H16O4/c1-8(4-2-3-5-10)9(12)13-7-6-11/h10-11H,1-7H2. The van der Waals surface area contributed by atoms with Gasteiger partial charge in [-0.15, -0.1) is 0 Å². The zero-order valence-corrected chi connectivity index (χ0v) is 7.66. The molecule has 0 rings (SSSR count). The topological polar surface area (TPSA) is 66.8 Å². The molecule has 0 aliphatic rings. The van der Waals surface area contributed by atoms with Crippen LogP contribution in [0.15, 0.2) is 12.2 Å². The van der Waals surface area contributed by atoms with E-state index < -0.39 is 5.97 Å². The van der Waals surface area contributed by atoms with Crippen molar-refractivity contribution in [3.63, 3.8) is 0 Å². The van der Waals surface area contributed by atoms with E-state index in [0.717, 1.165) is 6.42 Å². The van der Waals surface area contributed by atoms with Crippen molar-refractivity contribution in [3.8, 4) is 0 Å². The van der Waals surface area contributed by atoms with Gasteiger partial charge in [-0.05, 0) is 19.3 Å². The van der Waals surface area contributed by atoms with Crippen LogP contribution in [0.2, 0.25) is 0 Å². The average Bonchev–Trinajstić information content (AvgIpc) is 2.14. The Kier molecular flexibility index (Phi) is 7.24. The van der Waals surface area contributed by atoms with Crippen molar-refractivity contribution < 1.29 is 19.7 Å². The van der Waals surface area contributed by atoms with E-state index in [0.29, 0.717) is 18.4 Å². The van der Waals surface area contributed by atoms with Crippen molar-refractivity contribution in [2.24, 2.45) is 0 Å². The number of ether oxygens (including phenoxy) is 1. The third kappa shape index (κ3) is 6.31. The quantitative estimate of drug-likeness (QED) is 0.341. The number of aliphatic hydroxyl groups is 2. The number of esters is 1. The maximum Gasteiger partial charge on any atom is 0.333 e. The van der Waals surface area contributed by atoms with E-state index in [1.165, 1.54) is 0 Å². The highest BCUT2D eigenvalue weighted by atomic mass is 16.5. The van der Waals surface area contributed by atoms with Crippen LogP contribution in [0, 0.1) is 0 Å². The van der Waals surface area contributed by atoms with Crippen molar-refractivity contribution in [3.05, 3.63) is 12.2 Å². The van der Waals surface area contributed by atoms with Gasteiger partial charge in [-0.2, -0.15) is 0 Å². The lowest BCUT2D eigenvalue weighted by Crippen LogP contribution is -2.10. The molecule has 0 unspecified atom stereocenters. The molecule has 0 aromatic rings. The minimum atomic E-state index is -0.466. The van der Waals surface area contributed by atoms with E-state index in [1.54, 1.807) is 0 Å². The van der Waals surface area contributed by atoms with Gasteiger partial charge in [-0.1, -0.05) is 6.58 Å². The molecule has 0 spiro atoms. The van der Waals surface area contributed by atoms with E-state index >= 15 is 0 Å². The first kappa shape index (κ1) is 12.1. The Hall–Kier alpha value is -0.870. The second-order valence-corrected chi connectivity index (χ2v) is 2.64.